The summed E-state index contributed by atoms with van der Waals surface area (Å²) in [6.07, 6.45) is 2.90. The molecule has 1 saturated heterocycles. The van der Waals surface area contributed by atoms with Gasteiger partial charge in [-0.15, -0.1) is 0 Å². The second-order valence-electron chi connectivity index (χ2n) is 5.46. The van der Waals surface area contributed by atoms with Gasteiger partial charge in [-0.3, -0.25) is 4.90 Å². The van der Waals surface area contributed by atoms with Gasteiger partial charge in [0.1, 0.15) is 0 Å². The molecule has 104 valence electrons. The molecule has 0 spiro atoms. The third-order valence-electron chi connectivity index (χ3n) is 3.06. The van der Waals surface area contributed by atoms with E-state index in [1.165, 1.54) is 7.11 Å². The highest BCUT2D eigenvalue weighted by Crippen LogP contribution is 2.20. The molecule has 0 aliphatic carbocycles. The quantitative estimate of drug-likeness (QED) is 0.569. The van der Waals surface area contributed by atoms with Crippen molar-refractivity contribution in [2.75, 3.05) is 26.7 Å². The van der Waals surface area contributed by atoms with Gasteiger partial charge in [-0.05, 0) is 27.2 Å². The Kier molecular flexibility index (Phi) is 5.35. The number of esters is 1. The van der Waals surface area contributed by atoms with E-state index in [0.29, 0.717) is 6.42 Å². The lowest BCUT2D eigenvalue weighted by Crippen LogP contribution is -2.51. The molecule has 0 aromatic heterocycles. The van der Waals surface area contributed by atoms with Gasteiger partial charge in [-0.2, -0.15) is 0 Å². The number of carbonyl (C=O) groups is 1. The fourth-order valence-corrected chi connectivity index (χ4v) is 2.47. The largest absolute Gasteiger partial charge is 0.466 e. The van der Waals surface area contributed by atoms with Gasteiger partial charge in [0.05, 0.1) is 18.8 Å². The molecule has 1 aliphatic rings. The van der Waals surface area contributed by atoms with Crippen molar-refractivity contribution < 1.29 is 14.3 Å². The molecule has 1 rings (SSSR count). The maximum Gasteiger partial charge on any atom is 0.333 e. The Hall–Kier alpha value is -0.870. The Morgan fingerprint density at radius 1 is 1.56 bits per heavy atom. The Labute approximate surface area is 110 Å². The van der Waals surface area contributed by atoms with Crippen LogP contribution in [0, 0.1) is 0 Å². The third-order valence-corrected chi connectivity index (χ3v) is 3.06. The number of rotatable bonds is 4. The fourth-order valence-electron chi connectivity index (χ4n) is 2.47. The zero-order valence-electron chi connectivity index (χ0n) is 12.2. The molecule has 4 heteroatoms. The van der Waals surface area contributed by atoms with Crippen molar-refractivity contribution in [1.82, 2.24) is 4.90 Å². The molecule has 0 N–H and O–H groups in total. The maximum absolute atomic E-state index is 11.5. The maximum atomic E-state index is 11.5. The lowest BCUT2D eigenvalue weighted by Gasteiger charge is -2.41. The highest BCUT2D eigenvalue weighted by atomic mass is 16.5. The molecule has 0 amide bonds. The minimum Gasteiger partial charge on any atom is -0.466 e. The summed E-state index contributed by atoms with van der Waals surface area (Å²) in [5.74, 6) is -0.224. The summed E-state index contributed by atoms with van der Waals surface area (Å²) in [5, 5.41) is 0. The average molecular weight is 255 g/mol. The topological polar surface area (TPSA) is 38.8 Å². The molecule has 1 aliphatic heterocycles. The van der Waals surface area contributed by atoms with Crippen LogP contribution in [0.3, 0.4) is 0 Å². The Bertz CT molecular complexity index is 323. The summed E-state index contributed by atoms with van der Waals surface area (Å²) in [5.41, 5.74) is 0.623. The number of carbonyl (C=O) groups excluding carboxylic acids is 1. The molecule has 4 nitrogen and oxygen atoms in total. The first kappa shape index (κ1) is 15.2. The Balaban J connectivity index is 2.61. The molecule has 0 bridgehead atoms. The van der Waals surface area contributed by atoms with Crippen molar-refractivity contribution in [1.29, 1.82) is 0 Å². The van der Waals surface area contributed by atoms with Crippen molar-refractivity contribution in [3.05, 3.63) is 11.6 Å². The lowest BCUT2D eigenvalue weighted by molar-refractivity contribution is -0.136. The van der Waals surface area contributed by atoms with E-state index in [9.17, 15) is 4.79 Å². The summed E-state index contributed by atoms with van der Waals surface area (Å²) in [6.45, 7) is 10.8. The van der Waals surface area contributed by atoms with Crippen LogP contribution in [0.5, 0.6) is 0 Å². The predicted octanol–water partition coefficient (Wildman–Crippen LogP) is 2.00. The van der Waals surface area contributed by atoms with Crippen molar-refractivity contribution in [2.45, 2.75) is 45.8 Å². The molecule has 1 heterocycles. The van der Waals surface area contributed by atoms with E-state index in [2.05, 4.69) is 25.7 Å². The van der Waals surface area contributed by atoms with Crippen LogP contribution in [0.4, 0.5) is 0 Å². The van der Waals surface area contributed by atoms with Crippen LogP contribution >= 0.6 is 0 Å². The van der Waals surface area contributed by atoms with E-state index in [0.717, 1.165) is 25.2 Å². The van der Waals surface area contributed by atoms with Crippen molar-refractivity contribution in [3.63, 3.8) is 0 Å². The van der Waals surface area contributed by atoms with Crippen LogP contribution in [-0.2, 0) is 14.3 Å². The normalized spacial score (nSPS) is 24.9. The van der Waals surface area contributed by atoms with Crippen LogP contribution in [0.15, 0.2) is 11.6 Å². The summed E-state index contributed by atoms with van der Waals surface area (Å²) in [4.78, 5) is 13.8. The molecular formula is C14H25NO3. The highest BCUT2D eigenvalue weighted by molar-refractivity contribution is 5.88. The predicted molar refractivity (Wildman–Crippen MR) is 71.5 cm³/mol. The van der Waals surface area contributed by atoms with E-state index in [1.807, 2.05) is 13.0 Å². The van der Waals surface area contributed by atoms with Gasteiger partial charge in [0.2, 0.25) is 0 Å². The molecule has 0 aromatic rings. The molecule has 18 heavy (non-hydrogen) atoms. The number of nitrogens with zero attached hydrogens (tertiary/aromatic N) is 1. The van der Waals surface area contributed by atoms with Crippen LogP contribution in [0.2, 0.25) is 0 Å². The average Bonchev–Trinajstić information content (AvgIpc) is 2.26. The van der Waals surface area contributed by atoms with Gasteiger partial charge in [0, 0.05) is 25.2 Å². The molecule has 0 radical (unpaired) electrons. The Morgan fingerprint density at radius 3 is 2.72 bits per heavy atom. The molecule has 0 aromatic carbocycles. The second-order valence-corrected chi connectivity index (χ2v) is 5.46. The zero-order valence-corrected chi connectivity index (χ0v) is 12.2. The van der Waals surface area contributed by atoms with E-state index in [-0.39, 0.29) is 17.7 Å². The molecule has 1 unspecified atom stereocenters. The van der Waals surface area contributed by atoms with E-state index < -0.39 is 0 Å². The van der Waals surface area contributed by atoms with Crippen LogP contribution < -0.4 is 0 Å². The van der Waals surface area contributed by atoms with Crippen molar-refractivity contribution >= 4 is 5.97 Å². The monoisotopic (exact) mass is 255 g/mol. The SMILES string of the molecule is CCC(=CCN1CC(C)OC(C)(C)C1)C(=O)OC. The van der Waals surface area contributed by atoms with Gasteiger partial charge < -0.3 is 9.47 Å². The van der Waals surface area contributed by atoms with E-state index in [1.54, 1.807) is 0 Å². The summed E-state index contributed by atoms with van der Waals surface area (Å²) < 4.78 is 10.6. The zero-order chi connectivity index (χ0) is 13.8. The molecule has 1 fully saturated rings. The highest BCUT2D eigenvalue weighted by Gasteiger charge is 2.30. The smallest absolute Gasteiger partial charge is 0.333 e. The van der Waals surface area contributed by atoms with Gasteiger partial charge in [0.15, 0.2) is 0 Å². The second kappa shape index (κ2) is 6.34. The number of hydrogen-bond acceptors (Lipinski definition) is 4. The van der Waals surface area contributed by atoms with E-state index in [4.69, 9.17) is 9.47 Å². The molecule has 1 atom stereocenters. The van der Waals surface area contributed by atoms with Crippen LogP contribution in [-0.4, -0.2) is 49.3 Å². The van der Waals surface area contributed by atoms with Crippen molar-refractivity contribution in [3.8, 4) is 0 Å². The first-order chi connectivity index (χ1) is 8.38. The number of methoxy groups -OCH3 is 1. The third kappa shape index (κ3) is 4.42. The number of ether oxygens (including phenoxy) is 2. The lowest BCUT2D eigenvalue weighted by atomic mass is 10.1. The molecular weight excluding hydrogens is 230 g/mol. The minimum atomic E-state index is -0.224. The van der Waals surface area contributed by atoms with Gasteiger partial charge in [0.25, 0.3) is 0 Å². The van der Waals surface area contributed by atoms with Crippen LogP contribution in [0.1, 0.15) is 34.1 Å². The first-order valence-corrected chi connectivity index (χ1v) is 6.55. The molecule has 0 saturated carbocycles. The van der Waals surface area contributed by atoms with Gasteiger partial charge in [-0.25, -0.2) is 4.79 Å². The van der Waals surface area contributed by atoms with Gasteiger partial charge in [-0.1, -0.05) is 13.0 Å². The number of hydrogen-bond donors (Lipinski definition) is 0. The minimum absolute atomic E-state index is 0.122. The first-order valence-electron chi connectivity index (χ1n) is 6.55. The van der Waals surface area contributed by atoms with E-state index >= 15 is 0 Å². The van der Waals surface area contributed by atoms with Crippen molar-refractivity contribution in [2.24, 2.45) is 0 Å². The standard InChI is InChI=1S/C14H25NO3/c1-6-12(13(16)17-5)7-8-15-9-11(2)18-14(3,4)10-15/h7,11H,6,8-10H2,1-5H3. The van der Waals surface area contributed by atoms with Gasteiger partial charge >= 0.3 is 5.97 Å². The fraction of sp³-hybridized carbons (Fsp3) is 0.786. The summed E-state index contributed by atoms with van der Waals surface area (Å²) in [6, 6.07) is 0. The number of morpholine rings is 1. The van der Waals surface area contributed by atoms with Crippen LogP contribution in [0.25, 0.3) is 0 Å². The Morgan fingerprint density at radius 2 is 2.22 bits per heavy atom. The summed E-state index contributed by atoms with van der Waals surface area (Å²) >= 11 is 0. The summed E-state index contributed by atoms with van der Waals surface area (Å²) in [7, 11) is 1.42.